The molecular formula is C39H38Cl4Zr. The maximum Gasteiger partial charge on any atom is -1.00 e. The van der Waals surface area contributed by atoms with Crippen LogP contribution in [-0.4, -0.2) is 3.21 Å². The molecule has 0 fully saturated rings. The Hall–Kier alpha value is -1.73. The molecule has 44 heavy (non-hydrogen) atoms. The van der Waals surface area contributed by atoms with Crippen LogP contribution in [0.1, 0.15) is 81.3 Å². The van der Waals surface area contributed by atoms with E-state index in [0.717, 1.165) is 22.9 Å². The molecule has 0 radical (unpaired) electrons. The van der Waals surface area contributed by atoms with Crippen LogP contribution in [0.3, 0.4) is 0 Å². The first-order valence-corrected chi connectivity index (χ1v) is 19.3. The molecule has 0 bridgehead atoms. The predicted molar refractivity (Wildman–Crippen MR) is 180 cm³/mol. The molecule has 0 spiro atoms. The maximum absolute atomic E-state index is 6.66. The van der Waals surface area contributed by atoms with Crippen LogP contribution in [-0.2, 0) is 38.5 Å². The van der Waals surface area contributed by atoms with Crippen molar-refractivity contribution in [3.8, 4) is 11.1 Å². The van der Waals surface area contributed by atoms with E-state index in [9.17, 15) is 0 Å². The van der Waals surface area contributed by atoms with Gasteiger partial charge < -0.3 is 24.8 Å². The first kappa shape index (κ1) is 35.1. The minimum Gasteiger partial charge on any atom is -1.00 e. The average molecular weight is 740 g/mol. The van der Waals surface area contributed by atoms with Crippen molar-refractivity contribution in [3.63, 3.8) is 0 Å². The number of fused-ring (bicyclic) bond motifs is 3. The van der Waals surface area contributed by atoms with E-state index in [0.29, 0.717) is 0 Å². The van der Waals surface area contributed by atoms with E-state index in [-0.39, 0.29) is 35.6 Å². The number of hydrogen-bond acceptors (Lipinski definition) is 0. The summed E-state index contributed by atoms with van der Waals surface area (Å²) in [6.07, 6.45) is 8.97. The van der Waals surface area contributed by atoms with Gasteiger partial charge in [-0.3, -0.25) is 0 Å². The van der Waals surface area contributed by atoms with Crippen molar-refractivity contribution in [3.05, 3.63) is 144 Å². The van der Waals surface area contributed by atoms with Crippen LogP contribution < -0.4 is 28.1 Å². The molecule has 0 saturated carbocycles. The first-order valence-electron chi connectivity index (χ1n) is 14.8. The molecule has 0 unspecified atom stereocenters. The van der Waals surface area contributed by atoms with Crippen LogP contribution in [0.5, 0.6) is 0 Å². The number of benzene rings is 4. The van der Waals surface area contributed by atoms with Gasteiger partial charge in [0, 0.05) is 0 Å². The van der Waals surface area contributed by atoms with Gasteiger partial charge in [0.2, 0.25) is 0 Å². The summed E-state index contributed by atoms with van der Waals surface area (Å²) >= 11 is 10.5. The number of rotatable bonds is 4. The molecule has 5 heteroatoms. The second kappa shape index (κ2) is 13.6. The quantitative estimate of drug-likeness (QED) is 0.255. The predicted octanol–water partition coefficient (Wildman–Crippen LogP) is 4.52. The van der Waals surface area contributed by atoms with Crippen LogP contribution in [0.2, 0.25) is 10.0 Å². The maximum atomic E-state index is 6.66. The van der Waals surface area contributed by atoms with Crippen molar-refractivity contribution in [2.45, 2.75) is 65.2 Å². The molecule has 0 atom stereocenters. The summed E-state index contributed by atoms with van der Waals surface area (Å²) in [6, 6.07) is 29.2. The van der Waals surface area contributed by atoms with Gasteiger partial charge in [-0.15, -0.1) is 0 Å². The van der Waals surface area contributed by atoms with E-state index in [2.05, 4.69) is 127 Å². The van der Waals surface area contributed by atoms with Crippen molar-refractivity contribution in [1.29, 1.82) is 0 Å². The Balaban J connectivity index is 0.00000221. The van der Waals surface area contributed by atoms with Gasteiger partial charge >= 0.3 is 271 Å². The SMILES string of the molecule is CC(C)(C)c1ccc2c(c1)-c1cc(C(C)(C)C)c[c]([Zr+2]([C]3=CC=CC3)=[C](c3cccc(Cl)c3)c3cccc(Cl)c3)c1C2.[Cl-].[Cl-]. The molecule has 0 amide bonds. The Bertz CT molecular complexity index is 1770. The van der Waals surface area contributed by atoms with Crippen molar-refractivity contribution in [2.75, 3.05) is 0 Å². The molecule has 0 saturated heterocycles. The fourth-order valence-electron chi connectivity index (χ4n) is 6.24. The first-order chi connectivity index (χ1) is 19.9. The minimum absolute atomic E-state index is 0. The fourth-order valence-corrected chi connectivity index (χ4v) is 14.6. The van der Waals surface area contributed by atoms with Gasteiger partial charge in [0.1, 0.15) is 0 Å². The van der Waals surface area contributed by atoms with Crippen LogP contribution in [0.25, 0.3) is 11.1 Å². The van der Waals surface area contributed by atoms with Gasteiger partial charge in [-0.25, -0.2) is 0 Å². The van der Waals surface area contributed by atoms with E-state index in [1.54, 1.807) is 6.55 Å². The molecule has 4 aromatic carbocycles. The largest absolute Gasteiger partial charge is 1.00 e. The van der Waals surface area contributed by atoms with E-state index in [4.69, 9.17) is 23.2 Å². The number of halogens is 4. The third-order valence-corrected chi connectivity index (χ3v) is 16.6. The van der Waals surface area contributed by atoms with Crippen molar-refractivity contribution in [2.24, 2.45) is 0 Å². The summed E-state index contributed by atoms with van der Waals surface area (Å²) in [5, 5.41) is 1.54. The topological polar surface area (TPSA) is 0 Å². The third-order valence-electron chi connectivity index (χ3n) is 8.59. The van der Waals surface area contributed by atoms with E-state index < -0.39 is 21.3 Å². The Kier molecular flexibility index (Phi) is 10.8. The van der Waals surface area contributed by atoms with Crippen molar-refractivity contribution < 1.29 is 46.1 Å². The number of allylic oxidation sites excluding steroid dienone is 4. The van der Waals surface area contributed by atoms with Crippen LogP contribution in [0.4, 0.5) is 0 Å². The van der Waals surface area contributed by atoms with Gasteiger partial charge in [-0.05, 0) is 0 Å². The molecule has 0 heterocycles. The van der Waals surface area contributed by atoms with Crippen LogP contribution in [0.15, 0.2) is 100 Å². The fraction of sp³-hybridized carbons (Fsp3) is 0.256. The smallest absolute Gasteiger partial charge is 1.00 e. The number of hydrogen-bond donors (Lipinski definition) is 0. The molecule has 4 aromatic rings. The summed E-state index contributed by atoms with van der Waals surface area (Å²) < 4.78 is 4.61. The monoisotopic (exact) mass is 736 g/mol. The molecule has 0 aromatic heterocycles. The third kappa shape index (κ3) is 6.99. The summed E-state index contributed by atoms with van der Waals surface area (Å²) in [5.74, 6) is 0. The van der Waals surface area contributed by atoms with E-state index >= 15 is 0 Å². The zero-order valence-electron chi connectivity index (χ0n) is 26.2. The molecule has 2 aliphatic rings. The molecule has 226 valence electrons. The summed E-state index contributed by atoms with van der Waals surface area (Å²) in [7, 11) is 0. The zero-order chi connectivity index (χ0) is 29.8. The normalized spacial score (nSPS) is 13.2. The Labute approximate surface area is 293 Å². The van der Waals surface area contributed by atoms with Crippen molar-refractivity contribution >= 4 is 29.7 Å². The molecule has 0 aliphatic heterocycles. The van der Waals surface area contributed by atoms with Gasteiger partial charge in [-0.1, -0.05) is 0 Å². The molecule has 6 rings (SSSR count). The second-order valence-corrected chi connectivity index (χ2v) is 20.5. The molecule has 0 nitrogen and oxygen atoms in total. The van der Waals surface area contributed by atoms with Crippen LogP contribution in [0, 0.1) is 0 Å². The molecule has 2 aliphatic carbocycles. The Morgan fingerprint density at radius 1 is 0.682 bits per heavy atom. The zero-order valence-corrected chi connectivity index (χ0v) is 31.6. The molecular weight excluding hydrogens is 701 g/mol. The molecule has 0 N–H and O–H groups in total. The minimum atomic E-state index is -2.82. The van der Waals surface area contributed by atoms with Gasteiger partial charge in [-0.2, -0.15) is 0 Å². The summed E-state index contributed by atoms with van der Waals surface area (Å²) in [5.41, 5.74) is 11.2. The van der Waals surface area contributed by atoms with Crippen molar-refractivity contribution in [1.82, 2.24) is 0 Å². The van der Waals surface area contributed by atoms with Crippen LogP contribution >= 0.6 is 23.2 Å². The van der Waals surface area contributed by atoms with Gasteiger partial charge in [0.25, 0.3) is 0 Å². The van der Waals surface area contributed by atoms with Gasteiger partial charge in [0.15, 0.2) is 0 Å². The van der Waals surface area contributed by atoms with E-state index in [1.807, 2.05) is 12.1 Å². The summed E-state index contributed by atoms with van der Waals surface area (Å²) in [6.45, 7) is 14.0. The summed E-state index contributed by atoms with van der Waals surface area (Å²) in [4.78, 5) is 0. The second-order valence-electron chi connectivity index (χ2n) is 13.7. The standard InChI is InChI=1S/C21H25.C13H8Cl2.C5H5.2ClH.Zr/c1-20(2,3)16-9-7-14-11-15-8-10-17(21(4,5)6)13-19(15)18(14)12-16;14-12-5-1-3-10(8-12)7-11-4-2-6-13(15)9-11;1-2-4-5-3-1;;;/h7,9-10,12-13H,11H2,1-6H3;1-6,8-9H;1-3H,4H2;2*1H;/q;;;;;+2/p-2. The van der Waals surface area contributed by atoms with Gasteiger partial charge in [0.05, 0.1) is 0 Å². The average Bonchev–Trinajstić information content (AvgIpc) is 3.58. The Morgan fingerprint density at radius 3 is 1.80 bits per heavy atom. The van der Waals surface area contributed by atoms with E-state index in [1.165, 1.54) is 47.7 Å². The Morgan fingerprint density at radius 2 is 1.27 bits per heavy atom.